The first-order valence-corrected chi connectivity index (χ1v) is 6.26. The number of hydrogen-bond acceptors (Lipinski definition) is 5. The largest absolute Gasteiger partial charge is 0.723 e. The van der Waals surface area contributed by atoms with E-state index < -0.39 is 30.5 Å². The Morgan fingerprint density at radius 3 is 2.57 bits per heavy atom. The van der Waals surface area contributed by atoms with Crippen molar-refractivity contribution in [1.29, 1.82) is 0 Å². The van der Waals surface area contributed by atoms with Gasteiger partial charge in [0.05, 0.1) is 14.2 Å². The Bertz CT molecular complexity index is 591. The topological polar surface area (TPSA) is 69.7 Å². The maximum absolute atomic E-state index is 12.9. The maximum Gasteiger partial charge on any atom is 0.723 e. The van der Waals surface area contributed by atoms with Crippen LogP contribution in [0.1, 0.15) is 10.4 Å². The Labute approximate surface area is 121 Å². The third-order valence-electron chi connectivity index (χ3n) is 3.37. The summed E-state index contributed by atoms with van der Waals surface area (Å²) in [6, 6.07) is 4.92. The highest BCUT2D eigenvalue weighted by atomic mass is 19.1. The molecule has 6 nitrogen and oxygen atoms in total. The second kappa shape index (κ2) is 5.65. The summed E-state index contributed by atoms with van der Waals surface area (Å²) in [7, 11) is 1.65. The lowest BCUT2D eigenvalue weighted by Gasteiger charge is -2.27. The van der Waals surface area contributed by atoms with Crippen molar-refractivity contribution >= 4 is 24.7 Å². The van der Waals surface area contributed by atoms with E-state index in [2.05, 4.69) is 4.74 Å². The second-order valence-electron chi connectivity index (χ2n) is 5.09. The molecular weight excluding hydrogens is 280 g/mol. The van der Waals surface area contributed by atoms with Gasteiger partial charge in [0.15, 0.2) is 13.1 Å². The molecule has 1 aromatic rings. The van der Waals surface area contributed by atoms with E-state index in [1.165, 1.54) is 19.2 Å². The molecule has 1 saturated heterocycles. The van der Waals surface area contributed by atoms with Crippen LogP contribution in [-0.4, -0.2) is 56.3 Å². The van der Waals surface area contributed by atoms with Gasteiger partial charge in [0.25, 0.3) is 0 Å². The van der Waals surface area contributed by atoms with Crippen LogP contribution >= 0.6 is 0 Å². The number of carbonyl (C=O) groups is 3. The number of esters is 1. The molecule has 0 aliphatic carbocycles. The number of nitrogens with zero attached hydrogens (tertiary/aromatic N) is 1. The number of methoxy groups -OCH3 is 1. The van der Waals surface area contributed by atoms with Crippen LogP contribution in [-0.2, 0) is 19.0 Å². The van der Waals surface area contributed by atoms with Crippen LogP contribution in [0.2, 0.25) is 0 Å². The van der Waals surface area contributed by atoms with Crippen molar-refractivity contribution in [2.75, 3.05) is 27.2 Å². The lowest BCUT2D eigenvalue weighted by atomic mass is 9.69. The van der Waals surface area contributed by atoms with Gasteiger partial charge in [-0.3, -0.25) is 4.79 Å². The van der Waals surface area contributed by atoms with Crippen LogP contribution in [0.15, 0.2) is 24.3 Å². The molecule has 0 radical (unpaired) electrons. The predicted octanol–water partition coefficient (Wildman–Crippen LogP) is 0.212. The Hall–Kier alpha value is -2.22. The molecule has 0 spiro atoms. The Morgan fingerprint density at radius 2 is 2.00 bits per heavy atom. The molecule has 0 aromatic heterocycles. The average Bonchev–Trinajstić information content (AvgIpc) is 2.73. The van der Waals surface area contributed by atoms with E-state index in [1.807, 2.05) is 0 Å². The number of rotatable bonds is 4. The number of carbonyl (C=O) groups excluding carboxylic acids is 3. The predicted molar refractivity (Wildman–Crippen MR) is 70.5 cm³/mol. The smallest absolute Gasteiger partial charge is 0.471 e. The molecule has 0 N–H and O–H groups in total. The summed E-state index contributed by atoms with van der Waals surface area (Å²) in [5.74, 6) is -1.59. The van der Waals surface area contributed by atoms with Gasteiger partial charge < -0.3 is 13.8 Å². The van der Waals surface area contributed by atoms with Crippen LogP contribution < -0.4 is 0 Å². The molecule has 8 heteroatoms. The number of likely N-dealkylation sites (N-methyl/N-ethyl adjacent to an activating group) is 1. The molecule has 21 heavy (non-hydrogen) atoms. The molecular formula is C13H14BFNO5+. The van der Waals surface area contributed by atoms with Gasteiger partial charge in [-0.05, 0) is 24.3 Å². The van der Waals surface area contributed by atoms with Gasteiger partial charge in [0.2, 0.25) is 5.68 Å². The van der Waals surface area contributed by atoms with Crippen molar-refractivity contribution < 1.29 is 32.6 Å². The van der Waals surface area contributed by atoms with Gasteiger partial charge in [-0.2, -0.15) is 0 Å². The molecule has 0 bridgehead atoms. The van der Waals surface area contributed by atoms with E-state index >= 15 is 0 Å². The highest BCUT2D eigenvalue weighted by Gasteiger charge is 2.59. The molecule has 2 rings (SSSR count). The molecule has 110 valence electrons. The van der Waals surface area contributed by atoms with Crippen LogP contribution in [0.4, 0.5) is 4.39 Å². The number of halogens is 1. The minimum atomic E-state index is -1.14. The van der Waals surface area contributed by atoms with Crippen LogP contribution in [0, 0.1) is 5.82 Å². The fourth-order valence-corrected chi connectivity index (χ4v) is 2.26. The summed E-state index contributed by atoms with van der Waals surface area (Å²) < 4.78 is 22.3. The summed E-state index contributed by atoms with van der Waals surface area (Å²) >= 11 is 0. The third-order valence-corrected chi connectivity index (χ3v) is 3.37. The summed E-state index contributed by atoms with van der Waals surface area (Å²) in [5, 5.41) is 0. The molecule has 1 aliphatic rings. The van der Waals surface area contributed by atoms with E-state index in [0.717, 1.165) is 12.1 Å². The normalized spacial score (nSPS) is 21.1. The van der Waals surface area contributed by atoms with Gasteiger partial charge >= 0.3 is 19.0 Å². The van der Waals surface area contributed by atoms with Gasteiger partial charge in [0.1, 0.15) is 5.82 Å². The second-order valence-corrected chi connectivity index (χ2v) is 5.09. The summed E-state index contributed by atoms with van der Waals surface area (Å²) in [6.45, 7) is -0.271. The van der Waals surface area contributed by atoms with Crippen molar-refractivity contribution in [1.82, 2.24) is 0 Å². The van der Waals surface area contributed by atoms with Crippen molar-refractivity contribution in [3.63, 3.8) is 0 Å². The van der Waals surface area contributed by atoms with Crippen molar-refractivity contribution in [2.45, 2.75) is 0 Å². The Morgan fingerprint density at radius 1 is 1.38 bits per heavy atom. The van der Waals surface area contributed by atoms with Gasteiger partial charge in [-0.1, -0.05) is 0 Å². The Balaban J connectivity index is 2.27. The number of hydrogen-bond donors (Lipinski definition) is 0. The quantitative estimate of drug-likeness (QED) is 0.586. The Kier molecular flexibility index (Phi) is 4.08. The molecule has 0 saturated carbocycles. The lowest BCUT2D eigenvalue weighted by molar-refractivity contribution is -0.786. The summed E-state index contributed by atoms with van der Waals surface area (Å²) in [6.07, 6.45) is 0. The molecule has 1 atom stereocenters. The first kappa shape index (κ1) is 15.2. The van der Waals surface area contributed by atoms with Crippen LogP contribution in [0.5, 0.6) is 0 Å². The zero-order valence-electron chi connectivity index (χ0n) is 11.7. The van der Waals surface area contributed by atoms with E-state index in [4.69, 9.17) is 4.65 Å². The van der Waals surface area contributed by atoms with Gasteiger partial charge in [0, 0.05) is 5.56 Å². The highest BCUT2D eigenvalue weighted by molar-refractivity contribution is 6.84. The SMILES string of the molecule is COC(=O)C[N+]1(C)CC(=O)OB1C(=O)c1ccc(F)cc1. The molecule has 1 fully saturated rings. The minimum absolute atomic E-state index is 0.104. The highest BCUT2D eigenvalue weighted by Crippen LogP contribution is 2.20. The van der Waals surface area contributed by atoms with Crippen LogP contribution in [0.3, 0.4) is 0 Å². The average molecular weight is 294 g/mol. The van der Waals surface area contributed by atoms with Crippen LogP contribution in [0.25, 0.3) is 0 Å². The maximum atomic E-state index is 12.9. The molecule has 1 unspecified atom stereocenters. The van der Waals surface area contributed by atoms with Gasteiger partial charge in [-0.25, -0.2) is 14.0 Å². The van der Waals surface area contributed by atoms with Crippen molar-refractivity contribution in [3.05, 3.63) is 35.6 Å². The van der Waals surface area contributed by atoms with E-state index in [9.17, 15) is 18.8 Å². The van der Waals surface area contributed by atoms with Gasteiger partial charge in [-0.15, -0.1) is 0 Å². The fourth-order valence-electron chi connectivity index (χ4n) is 2.26. The fraction of sp³-hybridized carbons (Fsp3) is 0.308. The minimum Gasteiger partial charge on any atom is -0.471 e. The molecule has 1 aliphatic heterocycles. The third kappa shape index (κ3) is 3.10. The first-order valence-electron chi connectivity index (χ1n) is 6.26. The summed E-state index contributed by atoms with van der Waals surface area (Å²) in [4.78, 5) is 35.4. The van der Waals surface area contributed by atoms with E-state index in [1.54, 1.807) is 7.05 Å². The molecule has 1 heterocycles. The molecule has 0 amide bonds. The zero-order valence-corrected chi connectivity index (χ0v) is 11.7. The monoisotopic (exact) mass is 294 g/mol. The summed E-state index contributed by atoms with van der Waals surface area (Å²) in [5.41, 5.74) is -0.266. The van der Waals surface area contributed by atoms with E-state index in [-0.39, 0.29) is 23.0 Å². The van der Waals surface area contributed by atoms with Crippen molar-refractivity contribution in [2.24, 2.45) is 0 Å². The number of quaternary nitrogens is 1. The number of benzene rings is 1. The standard InChI is InChI=1S/C13H14BFNO5/c1-16(7-11(17)20-2)8-12(18)21-14(16)13(19)9-3-5-10(15)6-4-9/h3-6H,7-8H2,1-2H3/q+1. The zero-order chi connectivity index (χ0) is 15.6. The van der Waals surface area contributed by atoms with E-state index in [0.29, 0.717) is 0 Å². The lowest BCUT2D eigenvalue weighted by Crippen LogP contribution is -2.58. The van der Waals surface area contributed by atoms with Crippen molar-refractivity contribution in [3.8, 4) is 0 Å². The first-order chi connectivity index (χ1) is 9.85. The number of ether oxygens (including phenoxy) is 1. The molecule has 1 aromatic carbocycles.